The van der Waals surface area contributed by atoms with Gasteiger partial charge in [0.15, 0.2) is 0 Å². The number of carbonyl (C=O) groups is 1. The number of rotatable bonds is 4. The van der Waals surface area contributed by atoms with E-state index in [-0.39, 0.29) is 5.91 Å². The minimum Gasteiger partial charge on any atom is -0.360 e. The normalized spacial score (nSPS) is 11.0. The molecular weight excluding hydrogens is 316 g/mol. The van der Waals surface area contributed by atoms with E-state index >= 15 is 0 Å². The molecule has 0 saturated carbocycles. The zero-order valence-electron chi connectivity index (χ0n) is 13.0. The number of hydrogen-bond acceptors (Lipinski definition) is 2. The van der Waals surface area contributed by atoms with Gasteiger partial charge in [0.2, 0.25) is 5.91 Å². The number of para-hydroxylation sites is 1. The third kappa shape index (κ3) is 2.88. The summed E-state index contributed by atoms with van der Waals surface area (Å²) in [6, 6.07) is 22.1. The van der Waals surface area contributed by atoms with Crippen LogP contribution in [0.2, 0.25) is 0 Å². The van der Waals surface area contributed by atoms with Crippen molar-refractivity contribution >= 4 is 45.0 Å². The first-order chi connectivity index (χ1) is 11.8. The standard InChI is InChI=1S/C20H16N2OS/c23-20(13-24-19-12-21-17-10-4-3-9-16(17)19)22-18-11-5-7-14-6-1-2-8-15(14)18/h1-12,21H,13H2,(H,22,23). The Morgan fingerprint density at radius 2 is 1.67 bits per heavy atom. The molecule has 118 valence electrons. The maximum Gasteiger partial charge on any atom is 0.234 e. The molecular formula is C20H16N2OS. The summed E-state index contributed by atoms with van der Waals surface area (Å²) in [7, 11) is 0. The largest absolute Gasteiger partial charge is 0.360 e. The first-order valence-electron chi connectivity index (χ1n) is 7.78. The van der Waals surface area contributed by atoms with Crippen molar-refractivity contribution in [3.63, 3.8) is 0 Å². The first-order valence-corrected chi connectivity index (χ1v) is 8.76. The van der Waals surface area contributed by atoms with E-state index in [1.54, 1.807) is 11.8 Å². The van der Waals surface area contributed by atoms with E-state index in [2.05, 4.69) is 16.4 Å². The monoisotopic (exact) mass is 332 g/mol. The molecule has 0 fully saturated rings. The van der Waals surface area contributed by atoms with Gasteiger partial charge in [-0.1, -0.05) is 54.6 Å². The summed E-state index contributed by atoms with van der Waals surface area (Å²) in [6.07, 6.45) is 1.96. The number of carbonyl (C=O) groups excluding carboxylic acids is 1. The SMILES string of the molecule is O=C(CSc1c[nH]c2ccccc12)Nc1cccc2ccccc12. The van der Waals surface area contributed by atoms with Crippen LogP contribution in [0.4, 0.5) is 5.69 Å². The van der Waals surface area contributed by atoms with E-state index in [4.69, 9.17) is 0 Å². The van der Waals surface area contributed by atoms with Crippen LogP contribution in [-0.2, 0) is 4.79 Å². The van der Waals surface area contributed by atoms with E-state index in [0.29, 0.717) is 5.75 Å². The highest BCUT2D eigenvalue weighted by Crippen LogP contribution is 2.28. The summed E-state index contributed by atoms with van der Waals surface area (Å²) in [6.45, 7) is 0. The average molecular weight is 332 g/mol. The summed E-state index contributed by atoms with van der Waals surface area (Å²) in [5.74, 6) is 0.382. The molecule has 1 aromatic heterocycles. The van der Waals surface area contributed by atoms with E-state index in [0.717, 1.165) is 32.3 Å². The van der Waals surface area contributed by atoms with Gasteiger partial charge in [0.1, 0.15) is 0 Å². The molecule has 24 heavy (non-hydrogen) atoms. The fraction of sp³-hybridized carbons (Fsp3) is 0.0500. The predicted octanol–water partition coefficient (Wildman–Crippen LogP) is 5.05. The minimum absolute atomic E-state index is 0.00151. The van der Waals surface area contributed by atoms with Crippen LogP contribution in [0, 0.1) is 0 Å². The highest BCUT2D eigenvalue weighted by atomic mass is 32.2. The number of aromatic amines is 1. The van der Waals surface area contributed by atoms with Crippen molar-refractivity contribution in [1.29, 1.82) is 0 Å². The fourth-order valence-corrected chi connectivity index (χ4v) is 3.66. The van der Waals surface area contributed by atoms with Gasteiger partial charge in [0.05, 0.1) is 5.75 Å². The summed E-state index contributed by atoms with van der Waals surface area (Å²) >= 11 is 1.55. The topological polar surface area (TPSA) is 44.9 Å². The van der Waals surface area contributed by atoms with Crippen LogP contribution in [0.15, 0.2) is 77.8 Å². The van der Waals surface area contributed by atoms with Gasteiger partial charge in [-0.2, -0.15) is 0 Å². The number of aromatic nitrogens is 1. The van der Waals surface area contributed by atoms with Crippen LogP contribution in [0.5, 0.6) is 0 Å². The molecule has 0 bridgehead atoms. The summed E-state index contributed by atoms with van der Waals surface area (Å²) in [4.78, 5) is 16.7. The van der Waals surface area contributed by atoms with Crippen LogP contribution in [0.1, 0.15) is 0 Å². The van der Waals surface area contributed by atoms with Crippen LogP contribution >= 0.6 is 11.8 Å². The minimum atomic E-state index is 0.00151. The molecule has 0 aliphatic rings. The fourth-order valence-electron chi connectivity index (χ4n) is 2.83. The number of amides is 1. The third-order valence-corrected chi connectivity index (χ3v) is 5.03. The molecule has 4 heteroatoms. The average Bonchev–Trinajstić information content (AvgIpc) is 3.04. The molecule has 2 N–H and O–H groups in total. The Hall–Kier alpha value is -2.72. The van der Waals surface area contributed by atoms with Gasteiger partial charge in [-0.05, 0) is 17.5 Å². The second kappa shape index (κ2) is 6.42. The number of benzene rings is 3. The highest BCUT2D eigenvalue weighted by molar-refractivity contribution is 8.00. The Morgan fingerprint density at radius 1 is 0.917 bits per heavy atom. The number of hydrogen-bond donors (Lipinski definition) is 2. The van der Waals surface area contributed by atoms with Crippen molar-refractivity contribution < 1.29 is 4.79 Å². The van der Waals surface area contributed by atoms with Crippen molar-refractivity contribution in [1.82, 2.24) is 4.98 Å². The molecule has 0 saturated heterocycles. The van der Waals surface area contributed by atoms with E-state index in [1.807, 2.05) is 66.9 Å². The molecule has 0 aliphatic carbocycles. The van der Waals surface area contributed by atoms with Gasteiger partial charge in [0.25, 0.3) is 0 Å². The molecule has 0 radical (unpaired) electrons. The van der Waals surface area contributed by atoms with Gasteiger partial charge in [-0.3, -0.25) is 4.79 Å². The van der Waals surface area contributed by atoms with E-state index in [1.165, 1.54) is 0 Å². The molecule has 1 heterocycles. The van der Waals surface area contributed by atoms with Crippen molar-refractivity contribution in [3.8, 4) is 0 Å². The van der Waals surface area contributed by atoms with Crippen LogP contribution in [0.25, 0.3) is 21.7 Å². The maximum absolute atomic E-state index is 12.3. The van der Waals surface area contributed by atoms with Crippen molar-refractivity contribution in [2.45, 2.75) is 4.90 Å². The van der Waals surface area contributed by atoms with Gasteiger partial charge in [-0.25, -0.2) is 0 Å². The molecule has 4 rings (SSSR count). The van der Waals surface area contributed by atoms with Crippen molar-refractivity contribution in [3.05, 3.63) is 72.9 Å². The van der Waals surface area contributed by atoms with Crippen molar-refractivity contribution in [2.24, 2.45) is 0 Å². The van der Waals surface area contributed by atoms with Crippen LogP contribution in [0.3, 0.4) is 0 Å². The lowest BCUT2D eigenvalue weighted by Crippen LogP contribution is -2.14. The summed E-state index contributed by atoms with van der Waals surface area (Å²) in [5, 5.41) is 6.36. The quantitative estimate of drug-likeness (QED) is 0.514. The second-order valence-corrected chi connectivity index (χ2v) is 6.58. The molecule has 3 nitrogen and oxygen atoms in total. The second-order valence-electron chi connectivity index (χ2n) is 5.56. The van der Waals surface area contributed by atoms with E-state index < -0.39 is 0 Å². The first kappa shape index (κ1) is 14.8. The molecule has 0 unspecified atom stereocenters. The summed E-state index contributed by atoms with van der Waals surface area (Å²) in [5.41, 5.74) is 1.95. The van der Waals surface area contributed by atoms with Crippen molar-refractivity contribution in [2.75, 3.05) is 11.1 Å². The van der Waals surface area contributed by atoms with Gasteiger partial charge >= 0.3 is 0 Å². The summed E-state index contributed by atoms with van der Waals surface area (Å²) < 4.78 is 0. The van der Waals surface area contributed by atoms with E-state index in [9.17, 15) is 4.79 Å². The molecule has 3 aromatic carbocycles. The lowest BCUT2D eigenvalue weighted by Gasteiger charge is -2.08. The van der Waals surface area contributed by atoms with Gasteiger partial charge < -0.3 is 10.3 Å². The predicted molar refractivity (Wildman–Crippen MR) is 102 cm³/mol. The number of H-pyrrole nitrogens is 1. The molecule has 0 aliphatic heterocycles. The number of fused-ring (bicyclic) bond motifs is 2. The lowest BCUT2D eigenvalue weighted by atomic mass is 10.1. The number of nitrogens with one attached hydrogen (secondary N) is 2. The Bertz CT molecular complexity index is 1020. The molecule has 1 amide bonds. The number of thioether (sulfide) groups is 1. The molecule has 4 aromatic rings. The van der Waals surface area contributed by atoms with Crippen LogP contribution < -0.4 is 5.32 Å². The van der Waals surface area contributed by atoms with Crippen LogP contribution in [-0.4, -0.2) is 16.6 Å². The van der Waals surface area contributed by atoms with Gasteiger partial charge in [-0.15, -0.1) is 11.8 Å². The highest BCUT2D eigenvalue weighted by Gasteiger charge is 2.09. The molecule has 0 spiro atoms. The smallest absolute Gasteiger partial charge is 0.234 e. The zero-order valence-corrected chi connectivity index (χ0v) is 13.8. The zero-order chi connectivity index (χ0) is 16.4. The van der Waals surface area contributed by atoms with Gasteiger partial charge in [0, 0.05) is 33.1 Å². The Labute approximate surface area is 144 Å². The third-order valence-electron chi connectivity index (χ3n) is 3.97. The molecule has 0 atom stereocenters. The Morgan fingerprint density at radius 3 is 2.58 bits per heavy atom. The Kier molecular flexibility index (Phi) is 3.97. The Balaban J connectivity index is 1.48. The number of anilines is 1. The maximum atomic E-state index is 12.3. The lowest BCUT2D eigenvalue weighted by molar-refractivity contribution is -0.113.